The summed E-state index contributed by atoms with van der Waals surface area (Å²) in [6.45, 7) is 4.48. The van der Waals surface area contributed by atoms with E-state index in [4.69, 9.17) is 0 Å². The van der Waals surface area contributed by atoms with Crippen molar-refractivity contribution in [3.8, 4) is 0 Å². The molecule has 3 heteroatoms. The topological polar surface area (TPSA) is 0 Å². The predicted octanol–water partition coefficient (Wildman–Crippen LogP) is -2.06. The second-order valence-corrected chi connectivity index (χ2v) is 3.11. The monoisotopic (exact) mass is 336 g/mol. The summed E-state index contributed by atoms with van der Waals surface area (Å²) in [7, 11) is 0. The summed E-state index contributed by atoms with van der Waals surface area (Å²) in [6, 6.07) is 0. The number of unbranched alkanes of at least 4 members (excludes halogenated alkanes) is 5. The Morgan fingerprint density at radius 3 is 1.79 bits per heavy atom. The van der Waals surface area contributed by atoms with Gasteiger partial charge in [-0.3, -0.25) is 0 Å². The first-order chi connectivity index (χ1) is 5.41. The smallest absolute Gasteiger partial charge is 1.00 e. The molecule has 0 amide bonds. The van der Waals surface area contributed by atoms with Gasteiger partial charge in [-0.2, -0.15) is 0 Å². The molecule has 0 aromatic carbocycles. The molecule has 0 aliphatic heterocycles. The van der Waals surface area contributed by atoms with Crippen molar-refractivity contribution >= 4 is 23.1 Å². The van der Waals surface area contributed by atoms with E-state index in [0.29, 0.717) is 0 Å². The first-order valence-corrected chi connectivity index (χ1v) is 5.06. The molecule has 0 rings (SSSR count). The Balaban J connectivity index is -0.000000167. The molecular formula is C11H22Br2Mg. The van der Waals surface area contributed by atoms with E-state index in [0.717, 1.165) is 0 Å². The minimum Gasteiger partial charge on any atom is -1.00 e. The normalized spacial score (nSPS) is 8.71. The van der Waals surface area contributed by atoms with E-state index < -0.39 is 0 Å². The second kappa shape index (κ2) is 23.9. The van der Waals surface area contributed by atoms with Gasteiger partial charge in [-0.1, -0.05) is 51.7 Å². The van der Waals surface area contributed by atoms with Crippen LogP contribution in [0.1, 0.15) is 58.8 Å². The van der Waals surface area contributed by atoms with Gasteiger partial charge in [-0.05, 0) is 19.3 Å². The zero-order chi connectivity index (χ0) is 8.36. The van der Waals surface area contributed by atoms with Gasteiger partial charge >= 0.3 is 23.1 Å². The summed E-state index contributed by atoms with van der Waals surface area (Å²) in [4.78, 5) is 0. The van der Waals surface area contributed by atoms with Crippen LogP contribution in [0.25, 0.3) is 0 Å². The van der Waals surface area contributed by atoms with E-state index in [2.05, 4.69) is 26.0 Å². The van der Waals surface area contributed by atoms with Crippen molar-refractivity contribution in [2.75, 3.05) is 0 Å². The van der Waals surface area contributed by atoms with Gasteiger partial charge in [0.05, 0.1) is 0 Å². The predicted molar refractivity (Wildman–Crippen MR) is 58.6 cm³/mol. The van der Waals surface area contributed by atoms with Crippen LogP contribution in [-0.2, 0) is 0 Å². The standard InChI is InChI=1S/C11H22.2BrH.Mg/c1-3-5-7-9-11-10-8-6-4-2;;;/h7,9H,3-6,8,10-11H2,1-2H3;2*1H;/q;;;+2/p-2/b9-7-;;;. The van der Waals surface area contributed by atoms with Crippen molar-refractivity contribution in [2.24, 2.45) is 0 Å². The maximum Gasteiger partial charge on any atom is 2.00 e. The van der Waals surface area contributed by atoms with Crippen LogP contribution < -0.4 is 34.0 Å². The fraction of sp³-hybridized carbons (Fsp3) is 0.818. The van der Waals surface area contributed by atoms with Crippen LogP contribution in [0.4, 0.5) is 0 Å². The molecule has 0 radical (unpaired) electrons. The first kappa shape index (κ1) is 24.6. The average Bonchev–Trinajstić information content (AvgIpc) is 2.03. The van der Waals surface area contributed by atoms with Crippen LogP contribution in [-0.4, -0.2) is 23.1 Å². The molecule has 0 bridgehead atoms. The Bertz CT molecular complexity index is 95.3. The molecule has 0 fully saturated rings. The Morgan fingerprint density at radius 2 is 1.29 bits per heavy atom. The summed E-state index contributed by atoms with van der Waals surface area (Å²) < 4.78 is 0. The van der Waals surface area contributed by atoms with Crippen molar-refractivity contribution in [1.29, 1.82) is 0 Å². The maximum atomic E-state index is 2.33. The van der Waals surface area contributed by atoms with Gasteiger partial charge in [0.15, 0.2) is 0 Å². The van der Waals surface area contributed by atoms with Crippen molar-refractivity contribution in [2.45, 2.75) is 58.8 Å². The van der Waals surface area contributed by atoms with E-state index in [1.807, 2.05) is 0 Å². The molecule has 0 atom stereocenters. The molecule has 0 heterocycles. The molecule has 0 aromatic heterocycles. The number of rotatable bonds is 7. The van der Waals surface area contributed by atoms with E-state index in [1.165, 1.54) is 44.9 Å². The fourth-order valence-corrected chi connectivity index (χ4v) is 1.09. The molecular weight excluding hydrogens is 316 g/mol. The van der Waals surface area contributed by atoms with Gasteiger partial charge in [0.1, 0.15) is 0 Å². The maximum absolute atomic E-state index is 2.33. The molecule has 0 aromatic rings. The minimum absolute atomic E-state index is 0. The Morgan fingerprint density at radius 1 is 0.714 bits per heavy atom. The number of halogens is 2. The molecule has 0 unspecified atom stereocenters. The Labute approximate surface area is 127 Å². The van der Waals surface area contributed by atoms with Gasteiger partial charge in [0, 0.05) is 0 Å². The quantitative estimate of drug-likeness (QED) is 0.285. The largest absolute Gasteiger partial charge is 2.00 e. The molecule has 14 heavy (non-hydrogen) atoms. The van der Waals surface area contributed by atoms with Crippen LogP contribution >= 0.6 is 0 Å². The van der Waals surface area contributed by atoms with Crippen LogP contribution in [0.2, 0.25) is 0 Å². The molecule has 0 spiro atoms. The molecule has 0 nitrogen and oxygen atoms in total. The third-order valence-corrected chi connectivity index (χ3v) is 1.85. The number of allylic oxidation sites excluding steroid dienone is 2. The zero-order valence-corrected chi connectivity index (χ0v) is 14.2. The van der Waals surface area contributed by atoms with Crippen LogP contribution in [0.15, 0.2) is 12.2 Å². The summed E-state index contributed by atoms with van der Waals surface area (Å²) in [5, 5.41) is 0. The fourth-order valence-electron chi connectivity index (χ4n) is 1.09. The number of hydrogen-bond donors (Lipinski definition) is 0. The van der Waals surface area contributed by atoms with E-state index in [1.54, 1.807) is 0 Å². The van der Waals surface area contributed by atoms with Crippen molar-refractivity contribution in [3.63, 3.8) is 0 Å². The van der Waals surface area contributed by atoms with E-state index in [9.17, 15) is 0 Å². The average molecular weight is 338 g/mol. The van der Waals surface area contributed by atoms with Gasteiger partial charge in [-0.25, -0.2) is 0 Å². The van der Waals surface area contributed by atoms with Crippen molar-refractivity contribution in [3.05, 3.63) is 12.2 Å². The summed E-state index contributed by atoms with van der Waals surface area (Å²) in [5.74, 6) is 0. The second-order valence-electron chi connectivity index (χ2n) is 3.11. The molecule has 0 saturated carbocycles. The third kappa shape index (κ3) is 23.4. The SMILES string of the molecule is CCC/C=C\CCCCCC.[Br-].[Br-].[Mg+2]. The van der Waals surface area contributed by atoms with Gasteiger partial charge in [0.25, 0.3) is 0 Å². The molecule has 0 aliphatic rings. The zero-order valence-electron chi connectivity index (χ0n) is 9.57. The number of hydrogen-bond acceptors (Lipinski definition) is 0. The molecule has 0 saturated heterocycles. The van der Waals surface area contributed by atoms with Gasteiger partial charge < -0.3 is 34.0 Å². The Hall–Kier alpha value is 1.47. The van der Waals surface area contributed by atoms with Crippen LogP contribution in [0.3, 0.4) is 0 Å². The Kier molecular flexibility index (Phi) is 42.1. The minimum atomic E-state index is 0. The van der Waals surface area contributed by atoms with Gasteiger partial charge in [-0.15, -0.1) is 0 Å². The molecule has 0 aliphatic carbocycles. The summed E-state index contributed by atoms with van der Waals surface area (Å²) >= 11 is 0. The first-order valence-electron chi connectivity index (χ1n) is 5.06. The summed E-state index contributed by atoms with van der Waals surface area (Å²) in [6.07, 6.45) is 14.0. The van der Waals surface area contributed by atoms with Crippen LogP contribution in [0.5, 0.6) is 0 Å². The van der Waals surface area contributed by atoms with Crippen molar-refractivity contribution in [1.82, 2.24) is 0 Å². The molecule has 82 valence electrons. The van der Waals surface area contributed by atoms with E-state index in [-0.39, 0.29) is 57.0 Å². The third-order valence-electron chi connectivity index (χ3n) is 1.85. The van der Waals surface area contributed by atoms with Gasteiger partial charge in [0.2, 0.25) is 0 Å². The van der Waals surface area contributed by atoms with E-state index >= 15 is 0 Å². The van der Waals surface area contributed by atoms with Crippen LogP contribution in [0, 0.1) is 0 Å². The summed E-state index contributed by atoms with van der Waals surface area (Å²) in [5.41, 5.74) is 0. The van der Waals surface area contributed by atoms with Crippen molar-refractivity contribution < 1.29 is 34.0 Å². The molecule has 0 N–H and O–H groups in total.